The average Bonchev–Trinajstić information content (AvgIpc) is 3.20. The van der Waals surface area contributed by atoms with E-state index < -0.39 is 15.8 Å². The number of aromatic nitrogens is 3. The van der Waals surface area contributed by atoms with E-state index in [1.165, 1.54) is 13.2 Å². The summed E-state index contributed by atoms with van der Waals surface area (Å²) >= 11 is 0. The lowest BCUT2D eigenvalue weighted by atomic mass is 10.3. The Labute approximate surface area is 156 Å². The van der Waals surface area contributed by atoms with Crippen LogP contribution in [-0.2, 0) is 10.0 Å². The molecule has 0 fully saturated rings. The number of nitrogens with zero attached hydrogens (tertiary/aromatic N) is 3. The zero-order chi connectivity index (χ0) is 19.3. The molecule has 0 amide bonds. The molecule has 0 aliphatic heterocycles. The fourth-order valence-corrected chi connectivity index (χ4v) is 3.57. The van der Waals surface area contributed by atoms with E-state index >= 15 is 0 Å². The van der Waals surface area contributed by atoms with Crippen LogP contribution < -0.4 is 14.8 Å². The van der Waals surface area contributed by atoms with Crippen molar-refractivity contribution in [3.05, 3.63) is 60.7 Å². The maximum atomic E-state index is 13.4. The van der Waals surface area contributed by atoms with Gasteiger partial charge in [-0.25, -0.2) is 17.5 Å². The van der Waals surface area contributed by atoms with Crippen LogP contribution in [0, 0.1) is 5.82 Å². The summed E-state index contributed by atoms with van der Waals surface area (Å²) in [6, 6.07) is 10.6. The molecular formula is C17H18FN5O3S. The maximum Gasteiger partial charge on any atom is 0.244 e. The summed E-state index contributed by atoms with van der Waals surface area (Å²) in [7, 11) is -2.59. The Hall–Kier alpha value is -2.98. The van der Waals surface area contributed by atoms with E-state index in [-0.39, 0.29) is 23.7 Å². The molecule has 1 aromatic carbocycles. The molecule has 0 atom stereocenters. The van der Waals surface area contributed by atoms with E-state index in [1.54, 1.807) is 12.1 Å². The minimum absolute atomic E-state index is 0.0725. The van der Waals surface area contributed by atoms with Crippen molar-refractivity contribution in [2.45, 2.75) is 4.90 Å². The summed E-state index contributed by atoms with van der Waals surface area (Å²) in [4.78, 5) is -0.249. The van der Waals surface area contributed by atoms with E-state index in [9.17, 15) is 12.8 Å². The van der Waals surface area contributed by atoms with E-state index in [2.05, 4.69) is 20.2 Å². The largest absolute Gasteiger partial charge is 0.495 e. The third-order valence-electron chi connectivity index (χ3n) is 3.66. The molecule has 2 heterocycles. The quantitative estimate of drug-likeness (QED) is 0.569. The van der Waals surface area contributed by atoms with Gasteiger partial charge in [-0.1, -0.05) is 0 Å². The van der Waals surface area contributed by atoms with E-state index in [4.69, 9.17) is 4.74 Å². The first-order valence-electron chi connectivity index (χ1n) is 8.04. The minimum Gasteiger partial charge on any atom is -0.495 e. The average molecular weight is 391 g/mol. The molecule has 0 saturated carbocycles. The van der Waals surface area contributed by atoms with Gasteiger partial charge < -0.3 is 14.6 Å². The Morgan fingerprint density at radius 3 is 2.56 bits per heavy atom. The van der Waals surface area contributed by atoms with Gasteiger partial charge in [-0.15, -0.1) is 10.2 Å². The third kappa shape index (κ3) is 4.60. The first-order valence-corrected chi connectivity index (χ1v) is 9.52. The highest BCUT2D eigenvalue weighted by molar-refractivity contribution is 7.89. The number of nitrogens with one attached hydrogen (secondary N) is 2. The van der Waals surface area contributed by atoms with Crippen LogP contribution in [0.15, 0.2) is 59.8 Å². The first-order chi connectivity index (χ1) is 13.0. The van der Waals surface area contributed by atoms with Crippen LogP contribution >= 0.6 is 0 Å². The standard InChI is InChI=1S/C17H18FN5O3S/c1-26-14-5-4-13(18)12-15(14)27(24,25)20-9-8-19-16-6-7-17(22-21-16)23-10-2-3-11-23/h2-7,10-12,20H,8-9H2,1H3,(H,19,21). The van der Waals surface area contributed by atoms with Crippen molar-refractivity contribution in [2.75, 3.05) is 25.5 Å². The van der Waals surface area contributed by atoms with E-state index in [1.807, 2.05) is 29.1 Å². The monoisotopic (exact) mass is 391 g/mol. The normalized spacial score (nSPS) is 11.3. The van der Waals surface area contributed by atoms with Crippen molar-refractivity contribution in [3.63, 3.8) is 0 Å². The number of hydrogen-bond donors (Lipinski definition) is 2. The predicted molar refractivity (Wildman–Crippen MR) is 98.0 cm³/mol. The lowest BCUT2D eigenvalue weighted by Crippen LogP contribution is -2.29. The van der Waals surface area contributed by atoms with Gasteiger partial charge in [0.25, 0.3) is 0 Å². The molecule has 0 aliphatic rings. The zero-order valence-electron chi connectivity index (χ0n) is 14.5. The van der Waals surface area contributed by atoms with Crippen molar-refractivity contribution in [1.29, 1.82) is 0 Å². The van der Waals surface area contributed by atoms with Crippen LogP contribution in [0.1, 0.15) is 0 Å². The lowest BCUT2D eigenvalue weighted by molar-refractivity contribution is 0.400. The molecule has 0 unspecified atom stereocenters. The van der Waals surface area contributed by atoms with Crippen molar-refractivity contribution in [2.24, 2.45) is 0 Å². The molecular weight excluding hydrogens is 373 g/mol. The summed E-state index contributed by atoms with van der Waals surface area (Å²) in [6.07, 6.45) is 3.71. The molecule has 0 radical (unpaired) electrons. The molecule has 0 spiro atoms. The molecule has 10 heteroatoms. The molecule has 0 bridgehead atoms. The Morgan fingerprint density at radius 2 is 1.89 bits per heavy atom. The highest BCUT2D eigenvalue weighted by atomic mass is 32.2. The molecule has 2 aromatic heterocycles. The smallest absolute Gasteiger partial charge is 0.244 e. The van der Waals surface area contributed by atoms with Crippen LogP contribution in [0.3, 0.4) is 0 Å². The van der Waals surface area contributed by atoms with Gasteiger partial charge in [-0.3, -0.25) is 0 Å². The summed E-state index contributed by atoms with van der Waals surface area (Å²) in [5, 5.41) is 11.1. The lowest BCUT2D eigenvalue weighted by Gasteiger charge is -2.11. The Morgan fingerprint density at radius 1 is 1.11 bits per heavy atom. The fourth-order valence-electron chi connectivity index (χ4n) is 2.36. The molecule has 2 N–H and O–H groups in total. The van der Waals surface area contributed by atoms with Crippen LogP contribution in [0.25, 0.3) is 5.82 Å². The minimum atomic E-state index is -3.91. The van der Waals surface area contributed by atoms with Gasteiger partial charge >= 0.3 is 0 Å². The second-order valence-corrected chi connectivity index (χ2v) is 7.22. The topological polar surface area (TPSA) is 98.1 Å². The number of anilines is 1. The molecule has 3 rings (SSSR count). The number of halogens is 1. The van der Waals surface area contributed by atoms with Crippen LogP contribution in [0.5, 0.6) is 5.75 Å². The zero-order valence-corrected chi connectivity index (χ0v) is 15.3. The maximum absolute atomic E-state index is 13.4. The van der Waals surface area contributed by atoms with Gasteiger partial charge in [0.15, 0.2) is 5.82 Å². The Bertz CT molecular complexity index is 992. The molecule has 3 aromatic rings. The summed E-state index contributed by atoms with van der Waals surface area (Å²) < 4.78 is 47.2. The number of ether oxygens (including phenoxy) is 1. The predicted octanol–water partition coefficient (Wildman–Crippen LogP) is 1.81. The van der Waals surface area contributed by atoms with Crippen molar-refractivity contribution in [1.82, 2.24) is 19.5 Å². The van der Waals surface area contributed by atoms with Gasteiger partial charge in [0.1, 0.15) is 22.3 Å². The Balaban J connectivity index is 1.56. The Kier molecular flexibility index (Phi) is 5.67. The highest BCUT2D eigenvalue weighted by Crippen LogP contribution is 2.24. The van der Waals surface area contributed by atoms with Gasteiger partial charge in [-0.2, -0.15) is 0 Å². The fraction of sp³-hybridized carbons (Fsp3) is 0.176. The second kappa shape index (κ2) is 8.14. The molecule has 142 valence electrons. The van der Waals surface area contributed by atoms with E-state index in [0.717, 1.165) is 12.1 Å². The van der Waals surface area contributed by atoms with E-state index in [0.29, 0.717) is 11.6 Å². The van der Waals surface area contributed by atoms with Gasteiger partial charge in [-0.05, 0) is 42.5 Å². The van der Waals surface area contributed by atoms with Crippen molar-refractivity contribution in [3.8, 4) is 11.6 Å². The van der Waals surface area contributed by atoms with Gasteiger partial charge in [0.2, 0.25) is 10.0 Å². The summed E-state index contributed by atoms with van der Waals surface area (Å²) in [5.74, 6) is 0.591. The number of benzene rings is 1. The number of methoxy groups -OCH3 is 1. The van der Waals surface area contributed by atoms with Crippen LogP contribution in [-0.4, -0.2) is 43.4 Å². The highest BCUT2D eigenvalue weighted by Gasteiger charge is 2.19. The number of hydrogen-bond acceptors (Lipinski definition) is 6. The third-order valence-corrected chi connectivity index (χ3v) is 5.14. The van der Waals surface area contributed by atoms with Gasteiger partial charge in [0, 0.05) is 25.5 Å². The molecule has 8 nitrogen and oxygen atoms in total. The van der Waals surface area contributed by atoms with Crippen molar-refractivity contribution >= 4 is 15.8 Å². The molecule has 27 heavy (non-hydrogen) atoms. The first kappa shape index (κ1) is 18.8. The number of sulfonamides is 1. The number of rotatable bonds is 8. The molecule has 0 saturated heterocycles. The summed E-state index contributed by atoms with van der Waals surface area (Å²) in [6.45, 7) is 0.345. The second-order valence-electron chi connectivity index (χ2n) is 5.49. The van der Waals surface area contributed by atoms with Crippen LogP contribution in [0.4, 0.5) is 10.2 Å². The van der Waals surface area contributed by atoms with Gasteiger partial charge in [0.05, 0.1) is 7.11 Å². The SMILES string of the molecule is COc1ccc(F)cc1S(=O)(=O)NCCNc1ccc(-n2cccc2)nn1. The van der Waals surface area contributed by atoms with Crippen molar-refractivity contribution < 1.29 is 17.5 Å². The molecule has 0 aliphatic carbocycles. The van der Waals surface area contributed by atoms with Crippen LogP contribution in [0.2, 0.25) is 0 Å². The summed E-state index contributed by atoms with van der Waals surface area (Å²) in [5.41, 5.74) is 0.